The smallest absolute Gasteiger partial charge is 0.235 e. The lowest BCUT2D eigenvalue weighted by molar-refractivity contribution is 1.02. The summed E-state index contributed by atoms with van der Waals surface area (Å²) in [6, 6.07) is 52.0. The first kappa shape index (κ1) is 24.1. The number of hydrogen-bond donors (Lipinski definition) is 0. The van der Waals surface area contributed by atoms with Crippen molar-refractivity contribution in [1.82, 2.24) is 18.9 Å². The van der Waals surface area contributed by atoms with Crippen molar-refractivity contribution in [2.24, 2.45) is 0 Å². The molecule has 0 bridgehead atoms. The fourth-order valence-corrected chi connectivity index (χ4v) is 7.96. The van der Waals surface area contributed by atoms with E-state index in [2.05, 4.69) is 148 Å². The van der Waals surface area contributed by atoms with Crippen LogP contribution in [-0.4, -0.2) is 18.9 Å². The summed E-state index contributed by atoms with van der Waals surface area (Å²) in [7, 11) is 0. The van der Waals surface area contributed by atoms with Crippen molar-refractivity contribution in [3.05, 3.63) is 146 Å². The molecule has 0 aliphatic heterocycles. The van der Waals surface area contributed by atoms with Gasteiger partial charge in [-0.1, -0.05) is 115 Å². The Morgan fingerprint density at radius 3 is 1.98 bits per heavy atom. The molecule has 0 amide bonds. The van der Waals surface area contributed by atoms with E-state index in [0.29, 0.717) is 5.95 Å². The minimum absolute atomic E-state index is 0.678. The van der Waals surface area contributed by atoms with Crippen LogP contribution in [0.5, 0.6) is 0 Å². The monoisotopic (exact) mass is 584 g/mol. The Balaban J connectivity index is 1.40. The summed E-state index contributed by atoms with van der Waals surface area (Å²) in [4.78, 5) is 10.6. The molecule has 7 aromatic carbocycles. The van der Waals surface area contributed by atoms with Crippen LogP contribution in [0.15, 0.2) is 146 Å². The number of hydrogen-bond acceptors (Lipinski definition) is 2. The molecular weight excluding hydrogens is 560 g/mol. The number of fused-ring (bicyclic) bond motifs is 13. The van der Waals surface area contributed by atoms with Crippen LogP contribution in [0.4, 0.5) is 0 Å². The molecule has 0 aliphatic rings. The second kappa shape index (κ2) is 8.68. The van der Waals surface area contributed by atoms with Gasteiger partial charge in [0, 0.05) is 43.3 Å². The van der Waals surface area contributed by atoms with Crippen molar-refractivity contribution in [3.8, 4) is 17.2 Å². The third-order valence-electron chi connectivity index (χ3n) is 9.83. The second-order valence-corrected chi connectivity index (χ2v) is 12.2. The third kappa shape index (κ3) is 2.98. The van der Waals surface area contributed by atoms with Gasteiger partial charge in [0.25, 0.3) is 0 Å². The lowest BCUT2D eigenvalue weighted by Gasteiger charge is -2.12. The molecule has 11 aromatic rings. The van der Waals surface area contributed by atoms with Gasteiger partial charge in [0.2, 0.25) is 5.95 Å². The Morgan fingerprint density at radius 1 is 0.413 bits per heavy atom. The van der Waals surface area contributed by atoms with Gasteiger partial charge in [0.1, 0.15) is 0 Å². The fourth-order valence-electron chi connectivity index (χ4n) is 7.96. The maximum Gasteiger partial charge on any atom is 0.235 e. The Bertz CT molecular complexity index is 3020. The molecule has 0 saturated carbocycles. The van der Waals surface area contributed by atoms with Gasteiger partial charge >= 0.3 is 0 Å². The van der Waals surface area contributed by atoms with Gasteiger partial charge in [-0.3, -0.25) is 4.57 Å². The molecule has 4 aromatic heterocycles. The third-order valence-corrected chi connectivity index (χ3v) is 9.83. The summed E-state index contributed by atoms with van der Waals surface area (Å²) in [5.74, 6) is 0.678. The number of nitrogens with zero attached hydrogens (tertiary/aromatic N) is 4. The Kier molecular flexibility index (Phi) is 4.55. The van der Waals surface area contributed by atoms with E-state index in [1.165, 1.54) is 59.6 Å². The molecule has 0 unspecified atom stereocenters. The highest BCUT2D eigenvalue weighted by atomic mass is 15.2. The van der Waals surface area contributed by atoms with Gasteiger partial charge in [-0.15, -0.1) is 0 Å². The van der Waals surface area contributed by atoms with Crippen molar-refractivity contribution >= 4 is 81.6 Å². The van der Waals surface area contributed by atoms with Crippen molar-refractivity contribution in [2.75, 3.05) is 0 Å². The van der Waals surface area contributed by atoms with E-state index in [-0.39, 0.29) is 0 Å². The van der Waals surface area contributed by atoms with Gasteiger partial charge in [-0.05, 0) is 41.1 Å². The Hall–Kier alpha value is -6.26. The zero-order chi connectivity index (χ0) is 29.9. The van der Waals surface area contributed by atoms with E-state index in [9.17, 15) is 0 Å². The van der Waals surface area contributed by atoms with Crippen molar-refractivity contribution in [3.63, 3.8) is 0 Å². The quantitative estimate of drug-likeness (QED) is 0.203. The standard InChI is InChI=1S/C42H24N4/c1-2-13-26(14-3-1)39-29-17-6-9-19-33(29)43-42(44-39)46-34-20-10-7-16-28(34)31-24-32-37-27-15-5-4-12-25(27)22-23-36(37)45-35-21-11-8-18-30(35)38(40(31)46)41(32)45/h1-24H. The predicted molar refractivity (Wildman–Crippen MR) is 191 cm³/mol. The fraction of sp³-hybridized carbons (Fsp3) is 0. The van der Waals surface area contributed by atoms with Crippen LogP contribution >= 0.6 is 0 Å². The average Bonchev–Trinajstić information content (AvgIpc) is 3.76. The highest BCUT2D eigenvalue weighted by Gasteiger charge is 2.26. The normalized spacial score (nSPS) is 12.3. The summed E-state index contributed by atoms with van der Waals surface area (Å²) in [5, 5.41) is 11.0. The van der Waals surface area contributed by atoms with Gasteiger partial charge in [-0.25, -0.2) is 9.97 Å². The maximum atomic E-state index is 5.37. The summed E-state index contributed by atoms with van der Waals surface area (Å²) < 4.78 is 4.78. The number of benzene rings is 7. The van der Waals surface area contributed by atoms with E-state index >= 15 is 0 Å². The molecule has 11 rings (SSSR count). The molecule has 0 N–H and O–H groups in total. The molecule has 46 heavy (non-hydrogen) atoms. The zero-order valence-electron chi connectivity index (χ0n) is 24.6. The molecule has 0 fully saturated rings. The molecule has 0 aliphatic carbocycles. The average molecular weight is 585 g/mol. The summed E-state index contributed by atoms with van der Waals surface area (Å²) in [5.41, 5.74) is 8.86. The summed E-state index contributed by atoms with van der Waals surface area (Å²) in [6.07, 6.45) is 0. The van der Waals surface area contributed by atoms with Crippen LogP contribution < -0.4 is 0 Å². The molecular formula is C42H24N4. The maximum absolute atomic E-state index is 5.37. The largest absolute Gasteiger partial charge is 0.308 e. The van der Waals surface area contributed by atoms with E-state index < -0.39 is 0 Å². The first-order valence-corrected chi connectivity index (χ1v) is 15.7. The van der Waals surface area contributed by atoms with Crippen LogP contribution in [0.1, 0.15) is 0 Å². The second-order valence-electron chi connectivity index (χ2n) is 12.2. The minimum Gasteiger partial charge on any atom is -0.308 e. The summed E-state index contributed by atoms with van der Waals surface area (Å²) in [6.45, 7) is 0. The molecule has 212 valence electrons. The van der Waals surface area contributed by atoms with Crippen LogP contribution in [0.2, 0.25) is 0 Å². The van der Waals surface area contributed by atoms with Gasteiger partial charge in [0.05, 0.1) is 38.8 Å². The van der Waals surface area contributed by atoms with Crippen molar-refractivity contribution in [1.29, 1.82) is 0 Å². The first-order chi connectivity index (χ1) is 22.8. The number of para-hydroxylation sites is 3. The van der Waals surface area contributed by atoms with E-state index in [0.717, 1.165) is 33.2 Å². The highest BCUT2D eigenvalue weighted by Crippen LogP contribution is 2.47. The van der Waals surface area contributed by atoms with E-state index in [1.807, 2.05) is 6.07 Å². The summed E-state index contributed by atoms with van der Waals surface area (Å²) >= 11 is 0. The van der Waals surface area contributed by atoms with Crippen molar-refractivity contribution in [2.45, 2.75) is 0 Å². The van der Waals surface area contributed by atoms with Crippen LogP contribution in [0.3, 0.4) is 0 Å². The van der Waals surface area contributed by atoms with Crippen LogP contribution in [0, 0.1) is 0 Å². The molecule has 0 saturated heterocycles. The molecule has 4 nitrogen and oxygen atoms in total. The Morgan fingerprint density at radius 2 is 1.11 bits per heavy atom. The Labute approximate surface area is 262 Å². The van der Waals surface area contributed by atoms with Gasteiger partial charge in [-0.2, -0.15) is 0 Å². The molecule has 0 atom stereocenters. The first-order valence-electron chi connectivity index (χ1n) is 15.7. The number of rotatable bonds is 2. The molecule has 0 spiro atoms. The SMILES string of the molecule is c1ccc(-c2nc(-n3c4ccccc4c4cc5c6c7ccccc7ccc6n6c7ccccc7c(c43)c56)nc3ccccc23)cc1. The lowest BCUT2D eigenvalue weighted by atomic mass is 10.00. The topological polar surface area (TPSA) is 35.1 Å². The molecule has 4 heterocycles. The molecule has 4 heteroatoms. The van der Waals surface area contributed by atoms with Gasteiger partial charge < -0.3 is 4.40 Å². The lowest BCUT2D eigenvalue weighted by Crippen LogP contribution is -2.03. The number of aromatic nitrogens is 4. The van der Waals surface area contributed by atoms with Crippen LogP contribution in [-0.2, 0) is 0 Å². The van der Waals surface area contributed by atoms with Crippen molar-refractivity contribution < 1.29 is 0 Å². The zero-order valence-corrected chi connectivity index (χ0v) is 24.6. The van der Waals surface area contributed by atoms with Gasteiger partial charge in [0.15, 0.2) is 0 Å². The minimum atomic E-state index is 0.678. The molecule has 0 radical (unpaired) electrons. The van der Waals surface area contributed by atoms with E-state index in [4.69, 9.17) is 9.97 Å². The van der Waals surface area contributed by atoms with E-state index in [1.54, 1.807) is 0 Å². The predicted octanol–water partition coefficient (Wildman–Crippen LogP) is 10.7. The van der Waals surface area contributed by atoms with Crippen LogP contribution in [0.25, 0.3) is 98.8 Å². The highest BCUT2D eigenvalue weighted by molar-refractivity contribution is 6.36.